The van der Waals surface area contributed by atoms with Gasteiger partial charge in [-0.1, -0.05) is 12.1 Å². The zero-order valence-electron chi connectivity index (χ0n) is 5.99. The number of para-hydroxylation sites is 2. The SMILES string of the molecule is Cl.Cl.Nc1ccccc1N.P. The van der Waals surface area contributed by atoms with Crippen LogP contribution in [-0.4, -0.2) is 0 Å². The molecule has 0 aliphatic rings. The first-order valence-corrected chi connectivity index (χ1v) is 2.40. The fraction of sp³-hybridized carbons (Fsp3) is 0. The molecule has 1 aromatic carbocycles. The van der Waals surface area contributed by atoms with Gasteiger partial charge in [-0.25, -0.2) is 0 Å². The lowest BCUT2D eigenvalue weighted by Crippen LogP contribution is -1.91. The highest BCUT2D eigenvalue weighted by Crippen LogP contribution is 2.10. The standard InChI is InChI=1S/C6H8N2.2ClH.H3P/c7-5-3-1-2-4-6(5)8;;;/h1-4H,7-8H2;2*1H;1H3. The van der Waals surface area contributed by atoms with E-state index in [0.29, 0.717) is 11.4 Å². The maximum Gasteiger partial charge on any atom is 0.0547 e. The summed E-state index contributed by atoms with van der Waals surface area (Å²) in [6.07, 6.45) is 0. The van der Waals surface area contributed by atoms with Crippen molar-refractivity contribution in [3.05, 3.63) is 24.3 Å². The summed E-state index contributed by atoms with van der Waals surface area (Å²) in [4.78, 5) is 0. The quantitative estimate of drug-likeness (QED) is 0.511. The smallest absolute Gasteiger partial charge is 0.0547 e. The van der Waals surface area contributed by atoms with Crippen molar-refractivity contribution in [2.75, 3.05) is 11.5 Å². The lowest BCUT2D eigenvalue weighted by Gasteiger charge is -1.94. The van der Waals surface area contributed by atoms with Crippen LogP contribution in [0.2, 0.25) is 0 Å². The third kappa shape index (κ3) is 5.14. The zero-order chi connectivity index (χ0) is 5.98. The van der Waals surface area contributed by atoms with Gasteiger partial charge in [-0.05, 0) is 12.1 Å². The van der Waals surface area contributed by atoms with Crippen molar-refractivity contribution in [3.8, 4) is 0 Å². The molecule has 1 atom stereocenters. The molecule has 1 rings (SSSR count). The minimum absolute atomic E-state index is 0. The molecule has 0 aliphatic heterocycles. The minimum Gasteiger partial charge on any atom is -0.397 e. The fourth-order valence-corrected chi connectivity index (χ4v) is 0.511. The lowest BCUT2D eigenvalue weighted by molar-refractivity contribution is 1.67. The molecule has 1 aromatic rings. The van der Waals surface area contributed by atoms with Crippen LogP contribution in [0.25, 0.3) is 0 Å². The van der Waals surface area contributed by atoms with Gasteiger partial charge in [0.2, 0.25) is 0 Å². The summed E-state index contributed by atoms with van der Waals surface area (Å²) in [5.41, 5.74) is 12.1. The second-order valence-electron chi connectivity index (χ2n) is 1.63. The van der Waals surface area contributed by atoms with E-state index in [4.69, 9.17) is 11.5 Å². The van der Waals surface area contributed by atoms with Crippen LogP contribution in [0.4, 0.5) is 11.4 Å². The number of halogens is 2. The number of benzene rings is 1. The van der Waals surface area contributed by atoms with Crippen LogP contribution in [0.1, 0.15) is 0 Å². The molecule has 0 amide bonds. The molecular formula is C6H13Cl2N2P. The highest BCUT2D eigenvalue weighted by molar-refractivity contribution is 6.92. The highest BCUT2D eigenvalue weighted by Gasteiger charge is 1.85. The molecule has 0 aliphatic carbocycles. The summed E-state index contributed by atoms with van der Waals surface area (Å²) < 4.78 is 0. The van der Waals surface area contributed by atoms with E-state index in [1.54, 1.807) is 12.1 Å². The number of hydrogen-bond acceptors (Lipinski definition) is 2. The van der Waals surface area contributed by atoms with Crippen molar-refractivity contribution in [2.45, 2.75) is 0 Å². The van der Waals surface area contributed by atoms with Gasteiger partial charge in [0.25, 0.3) is 0 Å². The molecule has 1 unspecified atom stereocenters. The van der Waals surface area contributed by atoms with E-state index in [1.165, 1.54) is 0 Å². The third-order valence-corrected chi connectivity index (χ3v) is 0.996. The molecule has 0 saturated heterocycles. The molecule has 11 heavy (non-hydrogen) atoms. The third-order valence-electron chi connectivity index (χ3n) is 0.996. The molecule has 2 nitrogen and oxygen atoms in total. The van der Waals surface area contributed by atoms with Gasteiger partial charge >= 0.3 is 0 Å². The van der Waals surface area contributed by atoms with E-state index in [2.05, 4.69) is 0 Å². The van der Waals surface area contributed by atoms with Gasteiger partial charge in [0, 0.05) is 0 Å². The number of nitrogens with two attached hydrogens (primary N) is 2. The average Bonchev–Trinajstić information content (AvgIpc) is 1.77. The van der Waals surface area contributed by atoms with Gasteiger partial charge in [0.15, 0.2) is 0 Å². The first kappa shape index (κ1) is 17.1. The summed E-state index contributed by atoms with van der Waals surface area (Å²) in [6, 6.07) is 7.25. The van der Waals surface area contributed by atoms with Crippen LogP contribution in [0.3, 0.4) is 0 Å². The molecule has 0 saturated carbocycles. The van der Waals surface area contributed by atoms with Crippen molar-refractivity contribution >= 4 is 46.1 Å². The summed E-state index contributed by atoms with van der Waals surface area (Å²) in [5.74, 6) is 0. The van der Waals surface area contributed by atoms with Gasteiger partial charge in [-0.2, -0.15) is 9.90 Å². The van der Waals surface area contributed by atoms with Crippen LogP contribution < -0.4 is 11.5 Å². The number of rotatable bonds is 0. The predicted molar refractivity (Wildman–Crippen MR) is 60.9 cm³/mol. The van der Waals surface area contributed by atoms with E-state index in [1.807, 2.05) is 12.1 Å². The van der Waals surface area contributed by atoms with Crippen LogP contribution in [-0.2, 0) is 0 Å². The monoisotopic (exact) mass is 214 g/mol. The molecule has 66 valence electrons. The second-order valence-corrected chi connectivity index (χ2v) is 1.63. The predicted octanol–water partition coefficient (Wildman–Crippen LogP) is 1.75. The maximum absolute atomic E-state index is 5.39. The van der Waals surface area contributed by atoms with Gasteiger partial charge in [-0.3, -0.25) is 0 Å². The Morgan fingerprint density at radius 1 is 0.818 bits per heavy atom. The Bertz CT molecular complexity index is 175. The maximum atomic E-state index is 5.39. The largest absolute Gasteiger partial charge is 0.397 e. The molecule has 5 heteroatoms. The average molecular weight is 215 g/mol. The van der Waals surface area contributed by atoms with Crippen LogP contribution in [0.5, 0.6) is 0 Å². The van der Waals surface area contributed by atoms with E-state index in [-0.39, 0.29) is 34.7 Å². The Labute approximate surface area is 82.2 Å². The Morgan fingerprint density at radius 3 is 1.27 bits per heavy atom. The van der Waals surface area contributed by atoms with E-state index in [0.717, 1.165) is 0 Å². The number of anilines is 2. The lowest BCUT2D eigenvalue weighted by atomic mass is 10.3. The summed E-state index contributed by atoms with van der Waals surface area (Å²) in [5, 5.41) is 0. The Kier molecular flexibility index (Phi) is 12.3. The number of hydrogen-bond donors (Lipinski definition) is 2. The molecule has 0 spiro atoms. The summed E-state index contributed by atoms with van der Waals surface area (Å²) in [7, 11) is 0. The van der Waals surface area contributed by atoms with Crippen molar-refractivity contribution in [1.29, 1.82) is 0 Å². The Morgan fingerprint density at radius 2 is 1.09 bits per heavy atom. The number of nitrogen functional groups attached to an aromatic ring is 2. The van der Waals surface area contributed by atoms with E-state index < -0.39 is 0 Å². The van der Waals surface area contributed by atoms with Crippen molar-refractivity contribution < 1.29 is 0 Å². The molecule has 0 heterocycles. The van der Waals surface area contributed by atoms with Crippen molar-refractivity contribution in [2.24, 2.45) is 0 Å². The van der Waals surface area contributed by atoms with Gasteiger partial charge in [0.05, 0.1) is 11.4 Å². The van der Waals surface area contributed by atoms with Gasteiger partial charge in [0.1, 0.15) is 0 Å². The Hall–Kier alpha value is -0.170. The molecule has 0 bridgehead atoms. The molecule has 0 radical (unpaired) electrons. The van der Waals surface area contributed by atoms with Crippen LogP contribution in [0, 0.1) is 0 Å². The zero-order valence-corrected chi connectivity index (χ0v) is 9.03. The van der Waals surface area contributed by atoms with Crippen LogP contribution in [0.15, 0.2) is 24.3 Å². The second kappa shape index (κ2) is 7.93. The van der Waals surface area contributed by atoms with Crippen LogP contribution >= 0.6 is 34.7 Å². The van der Waals surface area contributed by atoms with E-state index >= 15 is 0 Å². The Balaban J connectivity index is -0.000000213. The van der Waals surface area contributed by atoms with Gasteiger partial charge < -0.3 is 11.5 Å². The fourth-order valence-electron chi connectivity index (χ4n) is 0.511. The first-order valence-electron chi connectivity index (χ1n) is 2.40. The van der Waals surface area contributed by atoms with Crippen molar-refractivity contribution in [1.82, 2.24) is 0 Å². The summed E-state index contributed by atoms with van der Waals surface area (Å²) in [6.45, 7) is 0. The topological polar surface area (TPSA) is 52.0 Å². The van der Waals surface area contributed by atoms with E-state index in [9.17, 15) is 0 Å². The molecule has 4 N–H and O–H groups in total. The first-order chi connectivity index (χ1) is 3.80. The minimum atomic E-state index is 0. The highest BCUT2D eigenvalue weighted by atomic mass is 35.5. The van der Waals surface area contributed by atoms with Gasteiger partial charge in [-0.15, -0.1) is 24.8 Å². The molecule has 0 fully saturated rings. The molecule has 0 aromatic heterocycles. The molecular weight excluding hydrogens is 202 g/mol. The van der Waals surface area contributed by atoms with Crippen molar-refractivity contribution in [3.63, 3.8) is 0 Å². The summed E-state index contributed by atoms with van der Waals surface area (Å²) >= 11 is 0. The normalized spacial score (nSPS) is 6.55.